The van der Waals surface area contributed by atoms with Crippen LogP contribution in [-0.2, 0) is 4.79 Å². The van der Waals surface area contributed by atoms with E-state index in [9.17, 15) is 9.59 Å². The molecule has 24 heavy (non-hydrogen) atoms. The largest absolute Gasteiger partial charge is 0.482 e. The zero-order chi connectivity index (χ0) is 17.7. The van der Waals surface area contributed by atoms with Crippen molar-refractivity contribution >= 4 is 62.5 Å². The molecule has 5 nitrogen and oxygen atoms in total. The number of benzene rings is 2. The van der Waals surface area contributed by atoms with Crippen molar-refractivity contribution in [1.82, 2.24) is 10.9 Å². The van der Waals surface area contributed by atoms with Crippen molar-refractivity contribution < 1.29 is 14.3 Å². The molecule has 0 aromatic heterocycles. The predicted octanol–water partition coefficient (Wildman–Crippen LogP) is 4.25. The van der Waals surface area contributed by atoms with Crippen LogP contribution < -0.4 is 15.6 Å². The first-order chi connectivity index (χ1) is 11.4. The number of ether oxygens (including phenoxy) is 1. The number of halogens is 4. The number of carbonyl (C=O) groups is 2. The van der Waals surface area contributed by atoms with Crippen molar-refractivity contribution in [3.8, 4) is 5.75 Å². The Hall–Kier alpha value is -1.47. The van der Waals surface area contributed by atoms with Gasteiger partial charge in [0.2, 0.25) is 0 Å². The summed E-state index contributed by atoms with van der Waals surface area (Å²) in [4.78, 5) is 23.6. The van der Waals surface area contributed by atoms with Gasteiger partial charge in [-0.3, -0.25) is 20.4 Å². The van der Waals surface area contributed by atoms with Gasteiger partial charge in [0.1, 0.15) is 5.75 Å². The van der Waals surface area contributed by atoms with Gasteiger partial charge in [0.05, 0.1) is 15.6 Å². The zero-order valence-electron chi connectivity index (χ0n) is 11.9. The van der Waals surface area contributed by atoms with Crippen LogP contribution in [0.3, 0.4) is 0 Å². The van der Waals surface area contributed by atoms with E-state index in [0.29, 0.717) is 15.8 Å². The Morgan fingerprint density at radius 1 is 1.00 bits per heavy atom. The number of nitrogens with one attached hydrogen (secondary N) is 2. The Balaban J connectivity index is 1.85. The van der Waals surface area contributed by atoms with E-state index in [4.69, 9.17) is 39.5 Å². The van der Waals surface area contributed by atoms with Crippen molar-refractivity contribution in [2.24, 2.45) is 0 Å². The molecule has 2 amide bonds. The fourth-order valence-electron chi connectivity index (χ4n) is 1.64. The third-order valence-corrected chi connectivity index (χ3v) is 4.08. The normalized spacial score (nSPS) is 10.2. The lowest BCUT2D eigenvalue weighted by molar-refractivity contribution is -0.123. The highest BCUT2D eigenvalue weighted by Gasteiger charge is 2.12. The quantitative estimate of drug-likeness (QED) is 0.682. The molecule has 0 saturated heterocycles. The lowest BCUT2D eigenvalue weighted by Gasteiger charge is -2.10. The molecule has 2 rings (SSSR count). The summed E-state index contributed by atoms with van der Waals surface area (Å²) >= 11 is 20.9. The van der Waals surface area contributed by atoms with Crippen LogP contribution in [0.4, 0.5) is 0 Å². The Morgan fingerprint density at radius 3 is 2.42 bits per heavy atom. The standard InChI is InChI=1S/C15H10BrCl3N2O3/c16-8-1-4-13(12(19)5-8)24-7-14(22)20-21-15(23)10-3-2-9(17)6-11(10)18/h1-6H,7H2,(H,20,22)(H,21,23). The summed E-state index contributed by atoms with van der Waals surface area (Å²) in [5, 5.41) is 0.932. The van der Waals surface area contributed by atoms with Gasteiger partial charge in [0, 0.05) is 9.50 Å². The number of rotatable bonds is 4. The lowest BCUT2D eigenvalue weighted by atomic mass is 10.2. The molecule has 0 fully saturated rings. The highest BCUT2D eigenvalue weighted by molar-refractivity contribution is 9.10. The minimum atomic E-state index is -0.577. The SMILES string of the molecule is O=C(COc1ccc(Br)cc1Cl)NNC(=O)c1ccc(Cl)cc1Cl. The molecule has 2 aromatic carbocycles. The van der Waals surface area contributed by atoms with Crippen LogP contribution >= 0.6 is 50.7 Å². The second-order valence-electron chi connectivity index (χ2n) is 4.49. The smallest absolute Gasteiger partial charge is 0.276 e. The third-order valence-electron chi connectivity index (χ3n) is 2.74. The molecule has 0 aliphatic carbocycles. The average molecular weight is 453 g/mol. The summed E-state index contributed by atoms with van der Waals surface area (Å²) in [6.45, 7) is -0.323. The number of hydrazine groups is 1. The van der Waals surface area contributed by atoms with E-state index in [1.165, 1.54) is 18.2 Å². The van der Waals surface area contributed by atoms with E-state index in [-0.39, 0.29) is 17.2 Å². The number of amides is 2. The van der Waals surface area contributed by atoms with Crippen LogP contribution in [0.15, 0.2) is 40.9 Å². The maximum Gasteiger partial charge on any atom is 0.276 e. The Kier molecular flexibility index (Phi) is 6.74. The first-order valence-corrected chi connectivity index (χ1v) is 8.41. The van der Waals surface area contributed by atoms with E-state index in [0.717, 1.165) is 4.47 Å². The van der Waals surface area contributed by atoms with Crippen molar-refractivity contribution in [3.63, 3.8) is 0 Å². The highest BCUT2D eigenvalue weighted by Crippen LogP contribution is 2.27. The number of carbonyl (C=O) groups excluding carboxylic acids is 2. The molecule has 0 aliphatic rings. The van der Waals surface area contributed by atoms with Gasteiger partial charge in [-0.2, -0.15) is 0 Å². The fourth-order valence-corrected chi connectivity index (χ4v) is 2.86. The van der Waals surface area contributed by atoms with Crippen molar-refractivity contribution in [2.75, 3.05) is 6.61 Å². The van der Waals surface area contributed by atoms with Gasteiger partial charge in [-0.1, -0.05) is 50.7 Å². The van der Waals surface area contributed by atoms with Crippen LogP contribution in [0.5, 0.6) is 5.75 Å². The number of hydrogen-bond acceptors (Lipinski definition) is 3. The maximum absolute atomic E-state index is 11.9. The molecule has 0 atom stereocenters. The van der Waals surface area contributed by atoms with E-state index in [1.807, 2.05) is 0 Å². The summed E-state index contributed by atoms with van der Waals surface area (Å²) in [7, 11) is 0. The molecule has 0 saturated carbocycles. The van der Waals surface area contributed by atoms with Gasteiger partial charge in [-0.05, 0) is 36.4 Å². The van der Waals surface area contributed by atoms with Crippen LogP contribution in [-0.4, -0.2) is 18.4 Å². The van der Waals surface area contributed by atoms with Crippen LogP contribution in [0.25, 0.3) is 0 Å². The second-order valence-corrected chi connectivity index (χ2v) is 6.66. The first kappa shape index (κ1) is 18.9. The van der Waals surface area contributed by atoms with Crippen LogP contribution in [0.1, 0.15) is 10.4 Å². The molecule has 2 aromatic rings. The topological polar surface area (TPSA) is 67.4 Å². The molecule has 0 bridgehead atoms. The Bertz CT molecular complexity index is 787. The van der Waals surface area contributed by atoms with Gasteiger partial charge in [0.25, 0.3) is 11.8 Å². The Morgan fingerprint density at radius 2 is 1.75 bits per heavy atom. The molecular formula is C15H10BrCl3N2O3. The molecule has 0 spiro atoms. The molecule has 0 aliphatic heterocycles. The van der Waals surface area contributed by atoms with Gasteiger partial charge in [0.15, 0.2) is 6.61 Å². The van der Waals surface area contributed by atoms with Gasteiger partial charge >= 0.3 is 0 Å². The summed E-state index contributed by atoms with van der Waals surface area (Å²) in [5.74, 6) is -0.791. The van der Waals surface area contributed by atoms with Gasteiger partial charge in [-0.25, -0.2) is 0 Å². The molecule has 0 radical (unpaired) electrons. The molecule has 0 unspecified atom stereocenters. The predicted molar refractivity (Wildman–Crippen MR) is 96.7 cm³/mol. The fraction of sp³-hybridized carbons (Fsp3) is 0.0667. The minimum absolute atomic E-state index is 0.173. The van der Waals surface area contributed by atoms with Crippen LogP contribution in [0, 0.1) is 0 Å². The molecule has 2 N–H and O–H groups in total. The van der Waals surface area contributed by atoms with E-state index in [1.54, 1.807) is 18.2 Å². The first-order valence-electron chi connectivity index (χ1n) is 6.49. The van der Waals surface area contributed by atoms with E-state index >= 15 is 0 Å². The lowest BCUT2D eigenvalue weighted by Crippen LogP contribution is -2.43. The summed E-state index contributed by atoms with van der Waals surface area (Å²) in [6, 6.07) is 9.37. The van der Waals surface area contributed by atoms with E-state index < -0.39 is 11.8 Å². The van der Waals surface area contributed by atoms with E-state index in [2.05, 4.69) is 26.8 Å². The summed E-state index contributed by atoms with van der Waals surface area (Å²) in [5.41, 5.74) is 4.63. The number of hydrogen-bond donors (Lipinski definition) is 2. The van der Waals surface area contributed by atoms with Gasteiger partial charge < -0.3 is 4.74 Å². The minimum Gasteiger partial charge on any atom is -0.482 e. The zero-order valence-corrected chi connectivity index (χ0v) is 15.8. The Labute approximate surface area is 161 Å². The van der Waals surface area contributed by atoms with Crippen molar-refractivity contribution in [1.29, 1.82) is 0 Å². The van der Waals surface area contributed by atoms with Crippen molar-refractivity contribution in [3.05, 3.63) is 61.5 Å². The van der Waals surface area contributed by atoms with Gasteiger partial charge in [-0.15, -0.1) is 0 Å². The third kappa shape index (κ3) is 5.27. The molecule has 0 heterocycles. The van der Waals surface area contributed by atoms with Crippen LogP contribution in [0.2, 0.25) is 15.1 Å². The average Bonchev–Trinajstić information content (AvgIpc) is 2.51. The molecule has 9 heteroatoms. The highest BCUT2D eigenvalue weighted by atomic mass is 79.9. The molecule has 126 valence electrons. The summed E-state index contributed by atoms with van der Waals surface area (Å²) < 4.78 is 6.06. The monoisotopic (exact) mass is 450 g/mol. The van der Waals surface area contributed by atoms with Crippen molar-refractivity contribution in [2.45, 2.75) is 0 Å². The summed E-state index contributed by atoms with van der Waals surface area (Å²) in [6.07, 6.45) is 0. The second kappa shape index (κ2) is 8.58. The molecular weight excluding hydrogens is 442 g/mol. The maximum atomic E-state index is 11.9.